The third-order valence-corrected chi connectivity index (χ3v) is 3.11. The first-order chi connectivity index (χ1) is 9.72. The van der Waals surface area contributed by atoms with Crippen molar-refractivity contribution in [3.63, 3.8) is 0 Å². The van der Waals surface area contributed by atoms with Crippen LogP contribution < -0.4 is 5.32 Å². The Hall–Kier alpha value is -2.14. The van der Waals surface area contributed by atoms with Gasteiger partial charge in [-0.25, -0.2) is 4.98 Å². The van der Waals surface area contributed by atoms with Gasteiger partial charge >= 0.3 is 5.97 Å². The summed E-state index contributed by atoms with van der Waals surface area (Å²) in [6, 6.07) is 8.45. The van der Waals surface area contributed by atoms with Crippen LogP contribution in [0.1, 0.15) is 30.8 Å². The molecule has 5 nitrogen and oxygen atoms in total. The smallest absolute Gasteiger partial charge is 0.325 e. The summed E-state index contributed by atoms with van der Waals surface area (Å²) in [5.74, 6) is -0.0289. The summed E-state index contributed by atoms with van der Waals surface area (Å²) in [5, 5.41) is 12.4. The van der Waals surface area contributed by atoms with E-state index in [1.54, 1.807) is 6.20 Å². The number of aryl methyl sites for hydroxylation is 1. The standard InChI is InChI=1S/C15H19N3O2/c1-2-9-18-10-8-16-13(18)11-17-14(15(19)20)12-6-4-3-5-7-12/h3-8,10,14,17H,2,9,11H2,1H3,(H,19,20). The van der Waals surface area contributed by atoms with Gasteiger partial charge in [0.05, 0.1) is 6.54 Å². The van der Waals surface area contributed by atoms with E-state index in [0.717, 1.165) is 24.4 Å². The molecule has 0 saturated carbocycles. The second-order valence-electron chi connectivity index (χ2n) is 4.60. The Balaban J connectivity index is 2.06. The van der Waals surface area contributed by atoms with Gasteiger partial charge in [0.2, 0.25) is 0 Å². The van der Waals surface area contributed by atoms with Gasteiger partial charge in [-0.05, 0) is 12.0 Å². The molecule has 5 heteroatoms. The molecule has 0 aliphatic rings. The van der Waals surface area contributed by atoms with Crippen molar-refractivity contribution in [1.82, 2.24) is 14.9 Å². The highest BCUT2D eigenvalue weighted by Crippen LogP contribution is 2.13. The quantitative estimate of drug-likeness (QED) is 0.811. The summed E-state index contributed by atoms with van der Waals surface area (Å²) >= 11 is 0. The topological polar surface area (TPSA) is 67.2 Å². The van der Waals surface area contributed by atoms with Crippen LogP contribution in [0.4, 0.5) is 0 Å². The van der Waals surface area contributed by atoms with Crippen LogP contribution in [0.5, 0.6) is 0 Å². The third-order valence-electron chi connectivity index (χ3n) is 3.11. The SMILES string of the molecule is CCCn1ccnc1CNC(C(=O)O)c1ccccc1. The molecule has 1 aromatic heterocycles. The molecule has 106 valence electrons. The Morgan fingerprint density at radius 2 is 2.15 bits per heavy atom. The van der Waals surface area contributed by atoms with Gasteiger partial charge in [0, 0.05) is 18.9 Å². The lowest BCUT2D eigenvalue weighted by Gasteiger charge is -2.15. The fourth-order valence-corrected chi connectivity index (χ4v) is 2.14. The normalized spacial score (nSPS) is 12.2. The van der Waals surface area contributed by atoms with Crippen LogP contribution >= 0.6 is 0 Å². The van der Waals surface area contributed by atoms with Crippen LogP contribution in [0.25, 0.3) is 0 Å². The number of rotatable bonds is 7. The van der Waals surface area contributed by atoms with E-state index in [2.05, 4.69) is 17.2 Å². The number of hydrogen-bond donors (Lipinski definition) is 2. The number of carboxylic acids is 1. The van der Waals surface area contributed by atoms with Crippen molar-refractivity contribution in [1.29, 1.82) is 0 Å². The Labute approximate surface area is 118 Å². The molecule has 2 aromatic rings. The maximum atomic E-state index is 11.4. The molecule has 0 amide bonds. The molecule has 0 radical (unpaired) electrons. The number of carbonyl (C=O) groups is 1. The number of nitrogens with one attached hydrogen (secondary N) is 1. The number of benzene rings is 1. The highest BCUT2D eigenvalue weighted by Gasteiger charge is 2.19. The average molecular weight is 273 g/mol. The number of aliphatic carboxylic acids is 1. The van der Waals surface area contributed by atoms with E-state index in [0.29, 0.717) is 6.54 Å². The predicted molar refractivity (Wildman–Crippen MR) is 76.2 cm³/mol. The molecule has 1 heterocycles. The number of hydrogen-bond acceptors (Lipinski definition) is 3. The van der Waals surface area contributed by atoms with Gasteiger partial charge in [-0.2, -0.15) is 0 Å². The Morgan fingerprint density at radius 3 is 2.80 bits per heavy atom. The molecule has 0 spiro atoms. The fraction of sp³-hybridized carbons (Fsp3) is 0.333. The second-order valence-corrected chi connectivity index (χ2v) is 4.60. The van der Waals surface area contributed by atoms with Crippen LogP contribution in [0.3, 0.4) is 0 Å². The molecule has 0 saturated heterocycles. The third kappa shape index (κ3) is 3.45. The summed E-state index contributed by atoms with van der Waals surface area (Å²) in [6.45, 7) is 3.42. The molecular weight excluding hydrogens is 254 g/mol. The summed E-state index contributed by atoms with van der Waals surface area (Å²) in [4.78, 5) is 15.6. The van der Waals surface area contributed by atoms with Crippen LogP contribution in [0.2, 0.25) is 0 Å². The van der Waals surface area contributed by atoms with Crippen molar-refractivity contribution in [3.8, 4) is 0 Å². The van der Waals surface area contributed by atoms with Gasteiger partial charge < -0.3 is 9.67 Å². The number of nitrogens with zero attached hydrogens (tertiary/aromatic N) is 2. The average Bonchev–Trinajstić information content (AvgIpc) is 2.88. The van der Waals surface area contributed by atoms with E-state index in [-0.39, 0.29) is 0 Å². The predicted octanol–water partition coefficient (Wildman–Crippen LogP) is 2.21. The van der Waals surface area contributed by atoms with E-state index in [1.807, 2.05) is 41.1 Å². The van der Waals surface area contributed by atoms with Crippen molar-refractivity contribution >= 4 is 5.97 Å². The largest absolute Gasteiger partial charge is 0.480 e. The lowest BCUT2D eigenvalue weighted by molar-refractivity contribution is -0.139. The highest BCUT2D eigenvalue weighted by atomic mass is 16.4. The zero-order valence-corrected chi connectivity index (χ0v) is 11.5. The van der Waals surface area contributed by atoms with Gasteiger partial charge in [0.25, 0.3) is 0 Å². The molecule has 1 aromatic carbocycles. The second kappa shape index (κ2) is 6.86. The molecule has 0 bridgehead atoms. The number of imidazole rings is 1. The maximum Gasteiger partial charge on any atom is 0.325 e. The van der Waals surface area contributed by atoms with Crippen LogP contribution in [-0.4, -0.2) is 20.6 Å². The van der Waals surface area contributed by atoms with Crippen molar-refractivity contribution in [2.75, 3.05) is 0 Å². The first-order valence-corrected chi connectivity index (χ1v) is 6.73. The minimum atomic E-state index is -0.884. The van der Waals surface area contributed by atoms with Gasteiger partial charge in [-0.3, -0.25) is 10.1 Å². The van der Waals surface area contributed by atoms with Gasteiger partial charge in [-0.15, -0.1) is 0 Å². The van der Waals surface area contributed by atoms with E-state index in [9.17, 15) is 9.90 Å². The molecular formula is C15H19N3O2. The number of aromatic nitrogens is 2. The van der Waals surface area contributed by atoms with Crippen LogP contribution in [-0.2, 0) is 17.9 Å². The lowest BCUT2D eigenvalue weighted by Crippen LogP contribution is -2.29. The van der Waals surface area contributed by atoms with Gasteiger partial charge in [0.1, 0.15) is 11.9 Å². The molecule has 0 aliphatic heterocycles. The fourth-order valence-electron chi connectivity index (χ4n) is 2.14. The molecule has 20 heavy (non-hydrogen) atoms. The molecule has 2 N–H and O–H groups in total. The minimum Gasteiger partial charge on any atom is -0.480 e. The Bertz CT molecular complexity index is 551. The summed E-state index contributed by atoms with van der Waals surface area (Å²) in [7, 11) is 0. The highest BCUT2D eigenvalue weighted by molar-refractivity contribution is 5.75. The van der Waals surface area contributed by atoms with E-state index >= 15 is 0 Å². The van der Waals surface area contributed by atoms with Crippen LogP contribution in [0, 0.1) is 0 Å². The zero-order valence-electron chi connectivity index (χ0n) is 11.5. The van der Waals surface area contributed by atoms with Crippen molar-refractivity contribution in [2.45, 2.75) is 32.5 Å². The van der Waals surface area contributed by atoms with Gasteiger partial charge in [0.15, 0.2) is 0 Å². The molecule has 1 atom stereocenters. The van der Waals surface area contributed by atoms with Crippen molar-refractivity contribution in [2.24, 2.45) is 0 Å². The minimum absolute atomic E-state index is 0.429. The Morgan fingerprint density at radius 1 is 1.40 bits per heavy atom. The summed E-state index contributed by atoms with van der Waals surface area (Å²) < 4.78 is 2.04. The van der Waals surface area contributed by atoms with E-state index < -0.39 is 12.0 Å². The van der Waals surface area contributed by atoms with Gasteiger partial charge in [-0.1, -0.05) is 37.3 Å². The summed E-state index contributed by atoms with van der Waals surface area (Å²) in [6.07, 6.45) is 4.67. The first-order valence-electron chi connectivity index (χ1n) is 6.73. The summed E-state index contributed by atoms with van der Waals surface area (Å²) in [5.41, 5.74) is 0.744. The maximum absolute atomic E-state index is 11.4. The molecule has 0 fully saturated rings. The van der Waals surface area contributed by atoms with E-state index in [1.165, 1.54) is 0 Å². The lowest BCUT2D eigenvalue weighted by atomic mass is 10.1. The first kappa shape index (κ1) is 14.3. The zero-order chi connectivity index (χ0) is 14.4. The molecule has 2 rings (SSSR count). The monoisotopic (exact) mass is 273 g/mol. The van der Waals surface area contributed by atoms with Crippen molar-refractivity contribution < 1.29 is 9.90 Å². The molecule has 1 unspecified atom stereocenters. The van der Waals surface area contributed by atoms with E-state index in [4.69, 9.17) is 0 Å². The Kier molecular flexibility index (Phi) is 4.90. The van der Waals surface area contributed by atoms with Crippen molar-refractivity contribution in [3.05, 3.63) is 54.1 Å². The molecule has 0 aliphatic carbocycles. The van der Waals surface area contributed by atoms with Crippen LogP contribution in [0.15, 0.2) is 42.7 Å². The number of carboxylic acid groups (broad SMARTS) is 1.